The van der Waals surface area contributed by atoms with Crippen LogP contribution in [0.15, 0.2) is 29.2 Å². The van der Waals surface area contributed by atoms with Crippen molar-refractivity contribution < 1.29 is 18.7 Å². The zero-order valence-electron chi connectivity index (χ0n) is 16.0. The first-order chi connectivity index (χ1) is 14.2. The summed E-state index contributed by atoms with van der Waals surface area (Å²) in [5.41, 5.74) is -1.93. The first-order valence-corrected chi connectivity index (χ1v) is 10.3. The van der Waals surface area contributed by atoms with Crippen LogP contribution in [0.25, 0.3) is 0 Å². The predicted octanol–water partition coefficient (Wildman–Crippen LogP) is 4.30. The molecule has 158 valence electrons. The molecule has 1 aromatic carbocycles. The Kier molecular flexibility index (Phi) is 4.23. The van der Waals surface area contributed by atoms with Gasteiger partial charge in [-0.3, -0.25) is 9.59 Å². The van der Waals surface area contributed by atoms with Gasteiger partial charge in [0.2, 0.25) is 0 Å². The lowest BCUT2D eigenvalue weighted by molar-refractivity contribution is -0.173. The quantitative estimate of drug-likeness (QED) is 0.748. The van der Waals surface area contributed by atoms with Gasteiger partial charge >= 0.3 is 5.97 Å². The summed E-state index contributed by atoms with van der Waals surface area (Å²) in [5.74, 6) is -1.83. The number of carbonyl (C=O) groups is 1. The van der Waals surface area contributed by atoms with Crippen molar-refractivity contribution in [2.45, 2.75) is 44.1 Å². The summed E-state index contributed by atoms with van der Waals surface area (Å²) in [4.78, 5) is 25.2. The maximum Gasteiger partial charge on any atom is 0.309 e. The lowest BCUT2D eigenvalue weighted by Crippen LogP contribution is -2.61. The van der Waals surface area contributed by atoms with Gasteiger partial charge in [-0.25, -0.2) is 13.5 Å². The Morgan fingerprint density at radius 1 is 1.20 bits per heavy atom. The molecule has 0 amide bonds. The maximum atomic E-state index is 14.0. The van der Waals surface area contributed by atoms with Crippen LogP contribution in [0.2, 0.25) is 5.02 Å². The minimum Gasteiger partial charge on any atom is -0.481 e. The van der Waals surface area contributed by atoms with E-state index in [4.69, 9.17) is 11.6 Å². The molecule has 4 fully saturated rings. The number of carboxylic acids is 1. The molecule has 4 aliphatic rings. The van der Waals surface area contributed by atoms with Crippen molar-refractivity contribution in [3.8, 4) is 0 Å². The zero-order valence-corrected chi connectivity index (χ0v) is 16.8. The molecule has 4 bridgehead atoms. The number of aromatic nitrogens is 2. The zero-order chi connectivity index (χ0) is 21.3. The maximum absolute atomic E-state index is 14.0. The van der Waals surface area contributed by atoms with E-state index in [-0.39, 0.29) is 28.2 Å². The molecule has 6 rings (SSSR count). The van der Waals surface area contributed by atoms with Gasteiger partial charge in [0.25, 0.3) is 5.56 Å². The lowest BCUT2D eigenvalue weighted by Gasteiger charge is -2.60. The van der Waals surface area contributed by atoms with Crippen molar-refractivity contribution in [2.24, 2.45) is 17.3 Å². The average Bonchev–Trinajstić information content (AvgIpc) is 2.66. The molecule has 4 aliphatic carbocycles. The minimum atomic E-state index is -0.820. The van der Waals surface area contributed by atoms with E-state index >= 15 is 0 Å². The average molecular weight is 436 g/mol. The molecule has 0 saturated heterocycles. The Labute approximate surface area is 175 Å². The predicted molar refractivity (Wildman–Crippen MR) is 106 cm³/mol. The van der Waals surface area contributed by atoms with E-state index < -0.39 is 34.1 Å². The van der Waals surface area contributed by atoms with E-state index in [9.17, 15) is 23.5 Å². The van der Waals surface area contributed by atoms with Gasteiger partial charge in [0.15, 0.2) is 0 Å². The Morgan fingerprint density at radius 2 is 1.90 bits per heavy atom. The molecule has 1 heterocycles. The third-order valence-corrected chi connectivity index (χ3v) is 7.42. The van der Waals surface area contributed by atoms with Crippen LogP contribution in [0.3, 0.4) is 0 Å². The minimum absolute atomic E-state index is 0.0307. The lowest BCUT2D eigenvalue weighted by atomic mass is 9.47. The van der Waals surface area contributed by atoms with Gasteiger partial charge in [-0.2, -0.15) is 5.10 Å². The fraction of sp³-hybridized carbons (Fsp3) is 0.476. The monoisotopic (exact) mass is 435 g/mol. The van der Waals surface area contributed by atoms with Crippen molar-refractivity contribution >= 4 is 28.9 Å². The van der Waals surface area contributed by atoms with Crippen molar-refractivity contribution in [3.05, 3.63) is 51.4 Å². The van der Waals surface area contributed by atoms with Crippen LogP contribution in [-0.4, -0.2) is 20.9 Å². The van der Waals surface area contributed by atoms with Crippen molar-refractivity contribution in [2.75, 3.05) is 5.32 Å². The van der Waals surface area contributed by atoms with Crippen molar-refractivity contribution in [3.63, 3.8) is 0 Å². The number of hydrogen-bond acceptors (Lipinski definition) is 4. The van der Waals surface area contributed by atoms with Gasteiger partial charge in [-0.1, -0.05) is 11.6 Å². The van der Waals surface area contributed by atoms with Gasteiger partial charge in [-0.05, 0) is 62.5 Å². The summed E-state index contributed by atoms with van der Waals surface area (Å²) in [5, 5.41) is 16.8. The van der Waals surface area contributed by atoms with Crippen LogP contribution < -0.4 is 10.9 Å². The van der Waals surface area contributed by atoms with E-state index in [1.54, 1.807) is 0 Å². The summed E-state index contributed by atoms with van der Waals surface area (Å²) in [6, 6.07) is 3.03. The molecule has 0 unspecified atom stereocenters. The fourth-order valence-electron chi connectivity index (χ4n) is 6.31. The highest BCUT2D eigenvalue weighted by atomic mass is 35.5. The molecule has 30 heavy (non-hydrogen) atoms. The number of halogens is 3. The molecular formula is C21H20ClF2N3O3. The SMILES string of the molecule is O=C(O)C12C[C@H]3C[C@H](C1)CC(n1ncc(Nc4ccc(F)cc4F)c(Cl)c1=O)(C3)C2. The third-order valence-electron chi connectivity index (χ3n) is 7.05. The molecule has 2 aromatic rings. The highest BCUT2D eigenvalue weighted by Gasteiger charge is 2.62. The largest absolute Gasteiger partial charge is 0.481 e. The number of rotatable bonds is 4. The first-order valence-electron chi connectivity index (χ1n) is 9.95. The topological polar surface area (TPSA) is 84.2 Å². The molecule has 0 aliphatic heterocycles. The number of nitrogens with one attached hydrogen (secondary N) is 1. The number of nitrogens with zero attached hydrogens (tertiary/aromatic N) is 2. The Balaban J connectivity index is 1.53. The third kappa shape index (κ3) is 2.84. The molecule has 9 heteroatoms. The van der Waals surface area contributed by atoms with E-state index in [2.05, 4.69) is 10.4 Å². The van der Waals surface area contributed by atoms with E-state index in [1.807, 2.05) is 0 Å². The molecule has 4 saturated carbocycles. The van der Waals surface area contributed by atoms with Gasteiger partial charge in [0.1, 0.15) is 16.7 Å². The molecule has 2 atom stereocenters. The normalized spacial score (nSPS) is 31.7. The second-order valence-corrected chi connectivity index (χ2v) is 9.49. The first kappa shape index (κ1) is 19.5. The van der Waals surface area contributed by atoms with Crippen LogP contribution in [0, 0.1) is 28.9 Å². The number of aliphatic carboxylic acids is 1. The summed E-state index contributed by atoms with van der Waals surface area (Å²) >= 11 is 6.32. The highest BCUT2D eigenvalue weighted by molar-refractivity contribution is 6.33. The number of carboxylic acid groups (broad SMARTS) is 1. The van der Waals surface area contributed by atoms with Crippen molar-refractivity contribution in [1.82, 2.24) is 9.78 Å². The number of anilines is 2. The Bertz CT molecular complexity index is 1110. The molecule has 1 aromatic heterocycles. The fourth-order valence-corrected chi connectivity index (χ4v) is 6.48. The van der Waals surface area contributed by atoms with Crippen LogP contribution in [0.4, 0.5) is 20.2 Å². The summed E-state index contributed by atoms with van der Waals surface area (Å²) < 4.78 is 28.5. The molecular weight excluding hydrogens is 416 g/mol. The molecule has 6 nitrogen and oxygen atoms in total. The molecule has 0 radical (unpaired) electrons. The molecule has 2 N–H and O–H groups in total. The standard InChI is InChI=1S/C21H20ClF2N3O3/c22-17-16(26-15-2-1-13(23)4-14(15)24)9-25-27(18(17)28)21-7-11-3-12(8-21)6-20(5-11,10-21)19(29)30/h1-2,4,9,11-12,26H,3,5-8,10H2,(H,29,30)/t11-,12-,20?,21?/m1/s1. The van der Waals surface area contributed by atoms with Crippen LogP contribution in [0.5, 0.6) is 0 Å². The number of benzene rings is 1. The van der Waals surface area contributed by atoms with Crippen molar-refractivity contribution in [1.29, 1.82) is 0 Å². The Morgan fingerprint density at radius 3 is 2.53 bits per heavy atom. The van der Waals surface area contributed by atoms with Crippen LogP contribution in [-0.2, 0) is 10.3 Å². The van der Waals surface area contributed by atoms with E-state index in [0.29, 0.717) is 32.1 Å². The van der Waals surface area contributed by atoms with E-state index in [1.165, 1.54) is 16.9 Å². The molecule has 0 spiro atoms. The van der Waals surface area contributed by atoms with Crippen LogP contribution in [0.1, 0.15) is 38.5 Å². The summed E-state index contributed by atoms with van der Waals surface area (Å²) in [6.45, 7) is 0. The van der Waals surface area contributed by atoms with Gasteiger partial charge in [0.05, 0.1) is 28.5 Å². The Hall–Kier alpha value is -2.48. The van der Waals surface area contributed by atoms with E-state index in [0.717, 1.165) is 18.6 Å². The van der Waals surface area contributed by atoms with Gasteiger partial charge in [-0.15, -0.1) is 0 Å². The summed E-state index contributed by atoms with van der Waals surface area (Å²) in [6.07, 6.45) is 5.41. The smallest absolute Gasteiger partial charge is 0.309 e. The van der Waals surface area contributed by atoms with Gasteiger partial charge < -0.3 is 10.4 Å². The van der Waals surface area contributed by atoms with Gasteiger partial charge in [0, 0.05) is 6.07 Å². The van der Waals surface area contributed by atoms with Crippen LogP contribution >= 0.6 is 11.6 Å². The summed E-state index contributed by atoms with van der Waals surface area (Å²) in [7, 11) is 0. The highest BCUT2D eigenvalue weighted by Crippen LogP contribution is 2.63. The second-order valence-electron chi connectivity index (χ2n) is 9.11. The second kappa shape index (κ2) is 6.51. The number of hydrogen-bond donors (Lipinski definition) is 2.